The van der Waals surface area contributed by atoms with E-state index >= 15 is 0 Å². The molecule has 1 saturated carbocycles. The molecule has 1 N–H and O–H groups in total. The van der Waals surface area contributed by atoms with Crippen LogP contribution in [0.15, 0.2) is 35.5 Å². The Hall–Kier alpha value is -1.90. The van der Waals surface area contributed by atoms with Crippen LogP contribution in [0.4, 0.5) is 0 Å². The van der Waals surface area contributed by atoms with Crippen molar-refractivity contribution in [1.29, 1.82) is 0 Å². The second-order valence-corrected chi connectivity index (χ2v) is 4.54. The molecule has 0 bridgehead atoms. The summed E-state index contributed by atoms with van der Waals surface area (Å²) in [5.74, 6) is 0.0252. The molecule has 0 radical (unpaired) electrons. The normalized spacial score (nSPS) is 16.0. The number of benzene rings is 1. The monoisotopic (exact) mass is 242 g/mol. The van der Waals surface area contributed by atoms with E-state index in [2.05, 4.69) is 10.3 Å². The van der Waals surface area contributed by atoms with Crippen LogP contribution in [0.25, 0.3) is 5.57 Å². The first-order valence-electron chi connectivity index (χ1n) is 6.26. The Morgan fingerprint density at radius 3 is 2.44 bits per heavy atom. The van der Waals surface area contributed by atoms with E-state index < -0.39 is 0 Å². The minimum Gasteiger partial charge on any atom is -0.349 e. The summed E-state index contributed by atoms with van der Waals surface area (Å²) in [4.78, 5) is 15.9. The molecule has 0 saturated heterocycles. The highest BCUT2D eigenvalue weighted by molar-refractivity contribution is 5.94. The Balaban J connectivity index is 2.06. The zero-order valence-corrected chi connectivity index (χ0v) is 10.8. The zero-order chi connectivity index (χ0) is 13.0. The Morgan fingerprint density at radius 1 is 1.28 bits per heavy atom. The number of nitrogens with one attached hydrogen (secondary N) is 1. The number of allylic oxidation sites excluding steroid dienone is 1. The van der Waals surface area contributed by atoms with Crippen LogP contribution in [0, 0.1) is 0 Å². The smallest absolute Gasteiger partial charge is 0.251 e. The summed E-state index contributed by atoms with van der Waals surface area (Å²) in [5, 5.41) is 2.98. The van der Waals surface area contributed by atoms with E-state index in [4.69, 9.17) is 0 Å². The number of amides is 1. The van der Waals surface area contributed by atoms with Gasteiger partial charge in [-0.1, -0.05) is 12.1 Å². The van der Waals surface area contributed by atoms with Crippen molar-refractivity contribution in [3.63, 3.8) is 0 Å². The van der Waals surface area contributed by atoms with Gasteiger partial charge in [0.2, 0.25) is 0 Å². The molecular weight excluding hydrogens is 224 g/mol. The number of aliphatic imine (C=N–C) groups is 1. The lowest BCUT2D eigenvalue weighted by molar-refractivity contribution is 0.0951. The van der Waals surface area contributed by atoms with Crippen molar-refractivity contribution in [2.75, 3.05) is 0 Å². The maximum atomic E-state index is 11.8. The SMILES string of the molecule is CC=NC=C(C)c1ccc(C(=O)NC2CC2)cc1. The first kappa shape index (κ1) is 12.6. The van der Waals surface area contributed by atoms with Crippen LogP contribution in [0.2, 0.25) is 0 Å². The van der Waals surface area contributed by atoms with Crippen molar-refractivity contribution in [3.8, 4) is 0 Å². The van der Waals surface area contributed by atoms with Crippen LogP contribution in [-0.2, 0) is 0 Å². The lowest BCUT2D eigenvalue weighted by atomic mass is 10.1. The predicted octanol–water partition coefficient (Wildman–Crippen LogP) is 3.03. The van der Waals surface area contributed by atoms with Crippen LogP contribution in [0.5, 0.6) is 0 Å². The van der Waals surface area contributed by atoms with Crippen molar-refractivity contribution < 1.29 is 4.79 Å². The van der Waals surface area contributed by atoms with Gasteiger partial charge in [0.05, 0.1) is 0 Å². The van der Waals surface area contributed by atoms with E-state index in [-0.39, 0.29) is 5.91 Å². The number of hydrogen-bond donors (Lipinski definition) is 1. The Bertz CT molecular complexity index is 482. The Kier molecular flexibility index (Phi) is 3.92. The minimum absolute atomic E-state index is 0.0252. The summed E-state index contributed by atoms with van der Waals surface area (Å²) in [5.41, 5.74) is 2.89. The molecule has 0 spiro atoms. The summed E-state index contributed by atoms with van der Waals surface area (Å²) in [6.45, 7) is 3.89. The molecule has 1 amide bonds. The molecule has 1 fully saturated rings. The third-order valence-corrected chi connectivity index (χ3v) is 2.93. The highest BCUT2D eigenvalue weighted by atomic mass is 16.1. The van der Waals surface area contributed by atoms with Crippen molar-refractivity contribution in [1.82, 2.24) is 5.32 Å². The number of rotatable bonds is 4. The number of hydrogen-bond acceptors (Lipinski definition) is 2. The molecule has 2 rings (SSSR count). The standard InChI is InChI=1S/C15H18N2O/c1-3-16-10-11(2)12-4-6-13(7-5-12)15(18)17-14-8-9-14/h3-7,10,14H,8-9H2,1-2H3,(H,17,18). The van der Waals surface area contributed by atoms with Crippen molar-refractivity contribution >= 4 is 17.7 Å². The molecule has 0 atom stereocenters. The fourth-order valence-electron chi connectivity index (χ4n) is 1.64. The molecule has 1 aliphatic rings. The van der Waals surface area contributed by atoms with Gasteiger partial charge in [-0.2, -0.15) is 0 Å². The minimum atomic E-state index is 0.0252. The quantitative estimate of drug-likeness (QED) is 0.810. The molecule has 0 aromatic heterocycles. The summed E-state index contributed by atoms with van der Waals surface area (Å²) >= 11 is 0. The van der Waals surface area contributed by atoms with Gasteiger partial charge in [0, 0.05) is 24.0 Å². The van der Waals surface area contributed by atoms with Crippen LogP contribution in [-0.4, -0.2) is 18.2 Å². The largest absolute Gasteiger partial charge is 0.349 e. The second kappa shape index (κ2) is 5.63. The topological polar surface area (TPSA) is 41.5 Å². The third-order valence-electron chi connectivity index (χ3n) is 2.93. The van der Waals surface area contributed by atoms with Gasteiger partial charge in [-0.05, 0) is 50.0 Å². The highest BCUT2D eigenvalue weighted by Gasteiger charge is 2.23. The summed E-state index contributed by atoms with van der Waals surface area (Å²) in [6.07, 6.45) is 5.79. The molecule has 3 heteroatoms. The lowest BCUT2D eigenvalue weighted by Gasteiger charge is -2.05. The van der Waals surface area contributed by atoms with Gasteiger partial charge in [-0.25, -0.2) is 0 Å². The van der Waals surface area contributed by atoms with E-state index in [1.807, 2.05) is 44.3 Å². The van der Waals surface area contributed by atoms with E-state index in [0.29, 0.717) is 6.04 Å². The van der Waals surface area contributed by atoms with Gasteiger partial charge in [0.25, 0.3) is 5.91 Å². The number of nitrogens with zero attached hydrogens (tertiary/aromatic N) is 1. The zero-order valence-electron chi connectivity index (χ0n) is 10.8. The van der Waals surface area contributed by atoms with Gasteiger partial charge < -0.3 is 5.32 Å². The summed E-state index contributed by atoms with van der Waals surface area (Å²) in [7, 11) is 0. The van der Waals surface area contributed by atoms with Crippen LogP contribution >= 0.6 is 0 Å². The molecule has 1 aromatic rings. The van der Waals surface area contributed by atoms with Gasteiger partial charge in [0.15, 0.2) is 0 Å². The average molecular weight is 242 g/mol. The van der Waals surface area contributed by atoms with Crippen molar-refractivity contribution in [3.05, 3.63) is 41.6 Å². The number of carbonyl (C=O) groups excluding carboxylic acids is 1. The van der Waals surface area contributed by atoms with Gasteiger partial charge >= 0.3 is 0 Å². The van der Waals surface area contributed by atoms with E-state index in [1.165, 1.54) is 0 Å². The third kappa shape index (κ3) is 3.29. The predicted molar refractivity (Wildman–Crippen MR) is 74.7 cm³/mol. The first-order chi connectivity index (χ1) is 8.70. The average Bonchev–Trinajstić information content (AvgIpc) is 3.20. The van der Waals surface area contributed by atoms with Gasteiger partial charge in [-0.15, -0.1) is 0 Å². The summed E-state index contributed by atoms with van der Waals surface area (Å²) in [6, 6.07) is 8.04. The maximum Gasteiger partial charge on any atom is 0.251 e. The molecule has 94 valence electrons. The van der Waals surface area contributed by atoms with Gasteiger partial charge in [0.1, 0.15) is 0 Å². The maximum absolute atomic E-state index is 11.8. The van der Waals surface area contributed by atoms with E-state index in [1.54, 1.807) is 6.21 Å². The Labute approximate surface area is 108 Å². The number of carbonyl (C=O) groups is 1. The fraction of sp³-hybridized carbons (Fsp3) is 0.333. The molecule has 3 nitrogen and oxygen atoms in total. The summed E-state index contributed by atoms with van der Waals surface area (Å²) < 4.78 is 0. The molecule has 1 aromatic carbocycles. The van der Waals surface area contributed by atoms with Crippen LogP contribution in [0.1, 0.15) is 42.6 Å². The molecule has 18 heavy (non-hydrogen) atoms. The second-order valence-electron chi connectivity index (χ2n) is 4.54. The Morgan fingerprint density at radius 2 is 1.89 bits per heavy atom. The van der Waals surface area contributed by atoms with Crippen LogP contribution in [0.3, 0.4) is 0 Å². The van der Waals surface area contributed by atoms with E-state index in [0.717, 1.165) is 29.5 Å². The van der Waals surface area contributed by atoms with Crippen molar-refractivity contribution in [2.45, 2.75) is 32.7 Å². The van der Waals surface area contributed by atoms with E-state index in [9.17, 15) is 4.79 Å². The molecule has 1 aliphatic carbocycles. The lowest BCUT2D eigenvalue weighted by Crippen LogP contribution is -2.25. The molecule has 0 heterocycles. The van der Waals surface area contributed by atoms with Crippen LogP contribution < -0.4 is 5.32 Å². The molecule has 0 aliphatic heterocycles. The first-order valence-corrected chi connectivity index (χ1v) is 6.26. The van der Waals surface area contributed by atoms with Gasteiger partial charge in [-0.3, -0.25) is 9.79 Å². The molecule has 0 unspecified atom stereocenters. The highest BCUT2D eigenvalue weighted by Crippen LogP contribution is 2.20. The van der Waals surface area contributed by atoms with Crippen molar-refractivity contribution in [2.24, 2.45) is 4.99 Å². The molecular formula is C15H18N2O. The fourth-order valence-corrected chi connectivity index (χ4v) is 1.64.